The fraction of sp³-hybridized carbons (Fsp3) is 0.0588. The van der Waals surface area contributed by atoms with Crippen LogP contribution in [0.15, 0.2) is 53.1 Å². The van der Waals surface area contributed by atoms with Gasteiger partial charge in [0.15, 0.2) is 5.76 Å². The summed E-state index contributed by atoms with van der Waals surface area (Å²) < 4.78 is 45.1. The molecule has 24 heavy (non-hydrogen) atoms. The molecule has 1 aromatic heterocycles. The second-order valence-electron chi connectivity index (χ2n) is 4.97. The second-order valence-corrected chi connectivity index (χ2v) is 4.97. The third-order valence-corrected chi connectivity index (χ3v) is 3.30. The van der Waals surface area contributed by atoms with Crippen LogP contribution in [0.25, 0.3) is 11.3 Å². The number of nitrogens with one attached hydrogen (secondary N) is 1. The molecule has 1 N–H and O–H groups in total. The van der Waals surface area contributed by atoms with Gasteiger partial charge in [-0.25, -0.2) is 13.2 Å². The Balaban J connectivity index is 1.69. The van der Waals surface area contributed by atoms with Gasteiger partial charge in [-0.2, -0.15) is 0 Å². The van der Waals surface area contributed by atoms with E-state index in [1.165, 1.54) is 18.2 Å². The molecule has 1 amide bonds. The summed E-state index contributed by atoms with van der Waals surface area (Å²) in [7, 11) is 0. The van der Waals surface area contributed by atoms with Crippen molar-refractivity contribution in [3.63, 3.8) is 0 Å². The predicted molar refractivity (Wildman–Crippen MR) is 79.4 cm³/mol. The average Bonchev–Trinajstić information content (AvgIpc) is 3.02. The number of hydrogen-bond acceptors (Lipinski definition) is 3. The van der Waals surface area contributed by atoms with E-state index in [0.717, 1.165) is 12.1 Å². The molecule has 0 saturated heterocycles. The van der Waals surface area contributed by atoms with E-state index >= 15 is 0 Å². The van der Waals surface area contributed by atoms with E-state index in [-0.39, 0.29) is 23.4 Å². The van der Waals surface area contributed by atoms with Crippen molar-refractivity contribution in [2.24, 2.45) is 0 Å². The fourth-order valence-corrected chi connectivity index (χ4v) is 2.12. The highest BCUT2D eigenvalue weighted by Gasteiger charge is 2.14. The Hall–Kier alpha value is -3.09. The van der Waals surface area contributed by atoms with Crippen LogP contribution < -0.4 is 5.32 Å². The highest BCUT2D eigenvalue weighted by atomic mass is 19.1. The number of carbonyl (C=O) groups excluding carboxylic acids is 1. The maximum atomic E-state index is 13.7. The van der Waals surface area contributed by atoms with Crippen LogP contribution in [0.3, 0.4) is 0 Å². The maximum Gasteiger partial charge on any atom is 0.254 e. The fourth-order valence-electron chi connectivity index (χ4n) is 2.12. The molecule has 0 unspecified atom stereocenters. The van der Waals surface area contributed by atoms with Gasteiger partial charge in [0.2, 0.25) is 0 Å². The van der Waals surface area contributed by atoms with Crippen LogP contribution in [0.1, 0.15) is 16.1 Å². The normalized spacial score (nSPS) is 10.6. The van der Waals surface area contributed by atoms with Gasteiger partial charge >= 0.3 is 0 Å². The van der Waals surface area contributed by atoms with Crippen molar-refractivity contribution in [3.8, 4) is 11.3 Å². The van der Waals surface area contributed by atoms with Gasteiger partial charge in [0.25, 0.3) is 5.91 Å². The van der Waals surface area contributed by atoms with Crippen molar-refractivity contribution in [3.05, 3.63) is 77.2 Å². The Labute approximate surface area is 134 Å². The SMILES string of the molecule is O=C(NCc1cc(-c2ccccc2F)on1)c1ccc(F)cc1F. The third-order valence-electron chi connectivity index (χ3n) is 3.30. The van der Waals surface area contributed by atoms with E-state index in [9.17, 15) is 18.0 Å². The number of benzene rings is 2. The number of amides is 1. The lowest BCUT2D eigenvalue weighted by atomic mass is 10.1. The lowest BCUT2D eigenvalue weighted by molar-refractivity contribution is 0.0946. The first-order chi connectivity index (χ1) is 11.5. The standard InChI is InChI=1S/C17H11F3N2O2/c18-10-5-6-13(15(20)7-10)17(23)21-9-11-8-16(24-22-11)12-3-1-2-4-14(12)19/h1-8H,9H2,(H,21,23). The number of carbonyl (C=O) groups is 1. The van der Waals surface area contributed by atoms with E-state index in [2.05, 4.69) is 10.5 Å². The van der Waals surface area contributed by atoms with Gasteiger partial charge in [-0.15, -0.1) is 0 Å². The van der Waals surface area contributed by atoms with Crippen LogP contribution in [0.2, 0.25) is 0 Å². The highest BCUT2D eigenvalue weighted by Crippen LogP contribution is 2.23. The smallest absolute Gasteiger partial charge is 0.254 e. The summed E-state index contributed by atoms with van der Waals surface area (Å²) in [6, 6.07) is 10.2. The van der Waals surface area contributed by atoms with Crippen molar-refractivity contribution in [2.75, 3.05) is 0 Å². The van der Waals surface area contributed by atoms with Crippen molar-refractivity contribution in [2.45, 2.75) is 6.54 Å². The predicted octanol–water partition coefficient (Wildman–Crippen LogP) is 3.69. The quantitative estimate of drug-likeness (QED) is 0.793. The molecule has 0 saturated carbocycles. The van der Waals surface area contributed by atoms with Crippen LogP contribution in [0.4, 0.5) is 13.2 Å². The number of hydrogen-bond donors (Lipinski definition) is 1. The van der Waals surface area contributed by atoms with Crippen LogP contribution in [-0.2, 0) is 6.54 Å². The van der Waals surface area contributed by atoms with E-state index in [1.807, 2.05) is 0 Å². The Bertz CT molecular complexity index is 893. The lowest BCUT2D eigenvalue weighted by Crippen LogP contribution is -2.24. The van der Waals surface area contributed by atoms with E-state index in [4.69, 9.17) is 4.52 Å². The average molecular weight is 332 g/mol. The van der Waals surface area contributed by atoms with Gasteiger partial charge in [-0.1, -0.05) is 17.3 Å². The summed E-state index contributed by atoms with van der Waals surface area (Å²) in [5, 5.41) is 6.16. The monoisotopic (exact) mass is 332 g/mol. The minimum atomic E-state index is -0.959. The van der Waals surface area contributed by atoms with Gasteiger partial charge in [-0.05, 0) is 24.3 Å². The van der Waals surface area contributed by atoms with E-state index in [1.54, 1.807) is 12.1 Å². The molecule has 3 rings (SSSR count). The topological polar surface area (TPSA) is 55.1 Å². The number of aromatic nitrogens is 1. The minimum Gasteiger partial charge on any atom is -0.356 e. The summed E-state index contributed by atoms with van der Waals surface area (Å²) in [5.74, 6) is -2.69. The van der Waals surface area contributed by atoms with Crippen molar-refractivity contribution in [1.82, 2.24) is 10.5 Å². The summed E-state index contributed by atoms with van der Waals surface area (Å²) in [6.07, 6.45) is 0. The summed E-state index contributed by atoms with van der Waals surface area (Å²) >= 11 is 0. The van der Waals surface area contributed by atoms with E-state index < -0.39 is 23.4 Å². The highest BCUT2D eigenvalue weighted by molar-refractivity contribution is 5.94. The summed E-state index contributed by atoms with van der Waals surface area (Å²) in [6.45, 7) is -0.0480. The molecule has 2 aromatic carbocycles. The summed E-state index contributed by atoms with van der Waals surface area (Å²) in [5.41, 5.74) is 0.297. The molecule has 0 aliphatic carbocycles. The van der Waals surface area contributed by atoms with Gasteiger partial charge in [-0.3, -0.25) is 4.79 Å². The lowest BCUT2D eigenvalue weighted by Gasteiger charge is -2.04. The molecule has 0 atom stereocenters. The van der Waals surface area contributed by atoms with Crippen LogP contribution in [0, 0.1) is 17.5 Å². The zero-order valence-corrected chi connectivity index (χ0v) is 12.2. The minimum absolute atomic E-state index is 0.0480. The Morgan fingerprint density at radius 3 is 2.58 bits per heavy atom. The number of halogens is 3. The first-order valence-electron chi connectivity index (χ1n) is 6.98. The first-order valence-corrected chi connectivity index (χ1v) is 6.98. The third kappa shape index (κ3) is 3.29. The molecule has 0 aliphatic heterocycles. The molecule has 0 fully saturated rings. The first kappa shape index (κ1) is 15.8. The second kappa shape index (κ2) is 6.57. The van der Waals surface area contributed by atoms with Gasteiger partial charge in [0.1, 0.15) is 23.1 Å². The van der Waals surface area contributed by atoms with Crippen LogP contribution in [0.5, 0.6) is 0 Å². The molecule has 3 aromatic rings. The largest absolute Gasteiger partial charge is 0.356 e. The molecule has 4 nitrogen and oxygen atoms in total. The molecule has 0 bridgehead atoms. The molecular weight excluding hydrogens is 321 g/mol. The zero-order chi connectivity index (χ0) is 17.1. The van der Waals surface area contributed by atoms with Crippen LogP contribution in [-0.4, -0.2) is 11.1 Å². The van der Waals surface area contributed by atoms with Crippen molar-refractivity contribution < 1.29 is 22.5 Å². The van der Waals surface area contributed by atoms with Crippen molar-refractivity contribution >= 4 is 5.91 Å². The van der Waals surface area contributed by atoms with Crippen LogP contribution >= 0.6 is 0 Å². The molecule has 0 spiro atoms. The maximum absolute atomic E-state index is 13.7. The van der Waals surface area contributed by atoms with Crippen molar-refractivity contribution in [1.29, 1.82) is 0 Å². The van der Waals surface area contributed by atoms with Gasteiger partial charge < -0.3 is 9.84 Å². The number of nitrogens with zero attached hydrogens (tertiary/aromatic N) is 1. The number of rotatable bonds is 4. The Kier molecular flexibility index (Phi) is 4.33. The molecular formula is C17H11F3N2O2. The molecule has 7 heteroatoms. The molecule has 0 radical (unpaired) electrons. The molecule has 0 aliphatic rings. The van der Waals surface area contributed by atoms with Gasteiger partial charge in [0.05, 0.1) is 17.7 Å². The molecule has 1 heterocycles. The molecule has 122 valence electrons. The Morgan fingerprint density at radius 2 is 1.83 bits per heavy atom. The van der Waals surface area contributed by atoms with Gasteiger partial charge in [0, 0.05) is 12.1 Å². The zero-order valence-electron chi connectivity index (χ0n) is 12.2. The Morgan fingerprint density at radius 1 is 1.04 bits per heavy atom. The van der Waals surface area contributed by atoms with E-state index in [0.29, 0.717) is 11.8 Å². The summed E-state index contributed by atoms with van der Waals surface area (Å²) in [4.78, 5) is 11.9.